The number of aldehydes is 1. The smallest absolute Gasteiger partial charge is 0.416 e. The molecule has 0 N–H and O–H groups in total. The molecule has 6 nitrogen and oxygen atoms in total. The van der Waals surface area contributed by atoms with Crippen molar-refractivity contribution in [2.45, 2.75) is 45.8 Å². The van der Waals surface area contributed by atoms with E-state index in [4.69, 9.17) is 9.15 Å². The van der Waals surface area contributed by atoms with Gasteiger partial charge in [-0.3, -0.25) is 19.0 Å². The monoisotopic (exact) mass is 649 g/mol. The number of aromatic nitrogens is 1. The number of aryl methyl sites for hydroxylation is 2. The van der Waals surface area contributed by atoms with Crippen LogP contribution in [0, 0.1) is 13.8 Å². The molecule has 0 saturated carbocycles. The van der Waals surface area contributed by atoms with Crippen LogP contribution in [0.5, 0.6) is 5.75 Å². The summed E-state index contributed by atoms with van der Waals surface area (Å²) in [5.41, 5.74) is 3.37. The molecule has 242 valence electrons. The van der Waals surface area contributed by atoms with E-state index in [2.05, 4.69) is 0 Å². The van der Waals surface area contributed by atoms with Crippen LogP contribution in [-0.4, -0.2) is 17.5 Å². The van der Waals surface area contributed by atoms with Crippen molar-refractivity contribution < 1.29 is 27.1 Å². The van der Waals surface area contributed by atoms with Crippen molar-refractivity contribution in [1.82, 2.24) is 4.57 Å². The van der Waals surface area contributed by atoms with Crippen LogP contribution in [0.4, 0.5) is 13.2 Å². The van der Waals surface area contributed by atoms with Crippen molar-refractivity contribution in [3.05, 3.63) is 122 Å². The molecule has 48 heavy (non-hydrogen) atoms. The number of carbonyl (C=O) groups excluding carboxylic acids is 1. The number of rotatable bonds is 9. The average molecular weight is 650 g/mol. The minimum absolute atomic E-state index is 0.268. The molecule has 0 aliphatic rings. The second-order valence-electron chi connectivity index (χ2n) is 12.2. The number of alkyl halides is 3. The van der Waals surface area contributed by atoms with E-state index in [1.165, 1.54) is 16.7 Å². The molecule has 0 saturated heterocycles. The third-order valence-corrected chi connectivity index (χ3v) is 9.09. The van der Waals surface area contributed by atoms with E-state index < -0.39 is 11.7 Å². The standard InChI is InChI=1S/C39H30F3NO5/c1-22-18-27(19-23(2)32(22)21-44)47-17-5-3-4-16-43-37(45)29-12-11-28-31-20-25(24-6-9-26(10-7-24)39(40,41)42)8-14-33(31)48-34-15-13-30(38(43)46)35(29)36(28)34/h6-15,18-21H,3-5,16-17H2,1-2H3. The van der Waals surface area contributed by atoms with Crippen LogP contribution in [0.15, 0.2) is 92.9 Å². The Morgan fingerprint density at radius 2 is 1.33 bits per heavy atom. The predicted molar refractivity (Wildman–Crippen MR) is 182 cm³/mol. The first-order chi connectivity index (χ1) is 23.0. The van der Waals surface area contributed by atoms with Gasteiger partial charge in [0.25, 0.3) is 11.1 Å². The first-order valence-corrected chi connectivity index (χ1v) is 15.7. The van der Waals surface area contributed by atoms with E-state index in [0.717, 1.165) is 53.2 Å². The summed E-state index contributed by atoms with van der Waals surface area (Å²) in [4.78, 5) is 38.6. The van der Waals surface area contributed by atoms with Crippen molar-refractivity contribution in [1.29, 1.82) is 0 Å². The zero-order valence-corrected chi connectivity index (χ0v) is 26.2. The number of ether oxygens (including phenoxy) is 1. The van der Waals surface area contributed by atoms with Crippen molar-refractivity contribution in [3.63, 3.8) is 0 Å². The second-order valence-corrected chi connectivity index (χ2v) is 12.2. The summed E-state index contributed by atoms with van der Waals surface area (Å²) in [6.45, 7) is 4.48. The topological polar surface area (TPSA) is 78.5 Å². The molecule has 0 amide bonds. The third-order valence-electron chi connectivity index (χ3n) is 9.09. The molecular formula is C39H30F3NO5. The summed E-state index contributed by atoms with van der Waals surface area (Å²) >= 11 is 0. The van der Waals surface area contributed by atoms with Gasteiger partial charge < -0.3 is 9.15 Å². The molecule has 2 heterocycles. The Hall–Kier alpha value is -5.44. The summed E-state index contributed by atoms with van der Waals surface area (Å²) in [5.74, 6) is 0.705. The Labute approximate surface area is 272 Å². The Bertz CT molecular complexity index is 2420. The van der Waals surface area contributed by atoms with Gasteiger partial charge in [-0.15, -0.1) is 0 Å². The molecular weight excluding hydrogens is 619 g/mol. The van der Waals surface area contributed by atoms with Crippen LogP contribution >= 0.6 is 0 Å². The molecule has 7 aromatic rings. The second kappa shape index (κ2) is 12.0. The fourth-order valence-corrected chi connectivity index (χ4v) is 6.64. The van der Waals surface area contributed by atoms with Gasteiger partial charge in [0.05, 0.1) is 12.2 Å². The molecule has 0 aliphatic carbocycles. The number of carbonyl (C=O) groups is 1. The Morgan fingerprint density at radius 3 is 2.00 bits per heavy atom. The molecule has 0 radical (unpaired) electrons. The molecule has 0 aliphatic heterocycles. The van der Waals surface area contributed by atoms with Gasteiger partial charge in [0.15, 0.2) is 6.29 Å². The summed E-state index contributed by atoms with van der Waals surface area (Å²) in [6, 6.07) is 21.1. The highest BCUT2D eigenvalue weighted by atomic mass is 19.4. The Kier molecular flexibility index (Phi) is 7.78. The maximum Gasteiger partial charge on any atom is 0.416 e. The predicted octanol–water partition coefficient (Wildman–Crippen LogP) is 9.22. The highest BCUT2D eigenvalue weighted by molar-refractivity contribution is 6.26. The molecule has 2 aromatic heterocycles. The van der Waals surface area contributed by atoms with Crippen molar-refractivity contribution in [3.8, 4) is 16.9 Å². The molecule has 5 aromatic carbocycles. The van der Waals surface area contributed by atoms with Crippen LogP contribution in [0.25, 0.3) is 54.6 Å². The van der Waals surface area contributed by atoms with Gasteiger partial charge in [-0.2, -0.15) is 13.2 Å². The fraction of sp³-hybridized carbons (Fsp3) is 0.205. The summed E-state index contributed by atoms with van der Waals surface area (Å²) in [5, 5.41) is 3.54. The van der Waals surface area contributed by atoms with Gasteiger partial charge >= 0.3 is 6.18 Å². The van der Waals surface area contributed by atoms with Gasteiger partial charge in [0.2, 0.25) is 0 Å². The highest BCUT2D eigenvalue weighted by Gasteiger charge is 2.30. The Balaban J connectivity index is 1.16. The third kappa shape index (κ3) is 5.39. The molecule has 7 rings (SSSR count). The van der Waals surface area contributed by atoms with E-state index in [-0.39, 0.29) is 17.7 Å². The van der Waals surface area contributed by atoms with Crippen LogP contribution < -0.4 is 15.9 Å². The van der Waals surface area contributed by atoms with Crippen LogP contribution in [0.3, 0.4) is 0 Å². The molecule has 0 spiro atoms. The number of fused-ring (bicyclic) bond motifs is 2. The van der Waals surface area contributed by atoms with Crippen molar-refractivity contribution in [2.24, 2.45) is 0 Å². The number of hydrogen-bond donors (Lipinski definition) is 0. The first-order valence-electron chi connectivity index (χ1n) is 15.7. The number of nitrogens with zero attached hydrogens (tertiary/aromatic N) is 1. The van der Waals surface area contributed by atoms with Gasteiger partial charge in [0.1, 0.15) is 16.9 Å². The van der Waals surface area contributed by atoms with E-state index in [9.17, 15) is 27.6 Å². The van der Waals surface area contributed by atoms with Crippen molar-refractivity contribution >= 4 is 49.8 Å². The van der Waals surface area contributed by atoms with Gasteiger partial charge in [-0.1, -0.05) is 24.3 Å². The minimum Gasteiger partial charge on any atom is -0.494 e. The van der Waals surface area contributed by atoms with E-state index >= 15 is 0 Å². The largest absolute Gasteiger partial charge is 0.494 e. The molecule has 0 unspecified atom stereocenters. The van der Waals surface area contributed by atoms with Gasteiger partial charge in [-0.25, -0.2) is 0 Å². The maximum atomic E-state index is 13.7. The lowest BCUT2D eigenvalue weighted by Crippen LogP contribution is -2.33. The number of hydrogen-bond acceptors (Lipinski definition) is 5. The lowest BCUT2D eigenvalue weighted by molar-refractivity contribution is -0.137. The van der Waals surface area contributed by atoms with Gasteiger partial charge in [-0.05, 0) is 115 Å². The van der Waals surface area contributed by atoms with E-state index in [0.29, 0.717) is 68.2 Å². The lowest BCUT2D eigenvalue weighted by atomic mass is 9.95. The van der Waals surface area contributed by atoms with Crippen LogP contribution in [0.2, 0.25) is 0 Å². The molecule has 0 fully saturated rings. The van der Waals surface area contributed by atoms with Crippen LogP contribution in [0.1, 0.15) is 46.3 Å². The normalized spacial score (nSPS) is 12.1. The number of pyridine rings is 1. The number of unbranched alkanes of at least 4 members (excludes halogenated alkanes) is 2. The number of benzene rings is 5. The lowest BCUT2D eigenvalue weighted by Gasteiger charge is -2.15. The highest BCUT2D eigenvalue weighted by Crippen LogP contribution is 2.39. The zero-order chi connectivity index (χ0) is 33.7. The molecule has 9 heteroatoms. The van der Waals surface area contributed by atoms with E-state index in [1.54, 1.807) is 30.3 Å². The first kappa shape index (κ1) is 31.2. The molecule has 0 bridgehead atoms. The zero-order valence-electron chi connectivity index (χ0n) is 26.2. The summed E-state index contributed by atoms with van der Waals surface area (Å²) in [6.07, 6.45) is -1.49. The molecule has 0 atom stereocenters. The van der Waals surface area contributed by atoms with Crippen LogP contribution in [-0.2, 0) is 12.7 Å². The number of halogens is 3. The van der Waals surface area contributed by atoms with E-state index in [1.807, 2.05) is 38.1 Å². The maximum absolute atomic E-state index is 13.7. The quantitative estimate of drug-likeness (QED) is 0.0674. The van der Waals surface area contributed by atoms with Crippen molar-refractivity contribution in [2.75, 3.05) is 6.61 Å². The fourth-order valence-electron chi connectivity index (χ4n) is 6.64. The SMILES string of the molecule is Cc1cc(OCCCCCn2c(=O)c3ccc4oc5ccc(-c6ccc(C(F)(F)F)cc6)cc5c5ccc(c2=O)c3c45)cc(C)c1C=O. The summed E-state index contributed by atoms with van der Waals surface area (Å²) in [7, 11) is 0. The minimum atomic E-state index is -4.42. The summed E-state index contributed by atoms with van der Waals surface area (Å²) < 4.78 is 52.7. The van der Waals surface area contributed by atoms with Gasteiger partial charge in [0, 0.05) is 39.0 Å². The average Bonchev–Trinajstić information content (AvgIpc) is 3.06. The Morgan fingerprint density at radius 1 is 0.708 bits per heavy atom.